The van der Waals surface area contributed by atoms with Crippen LogP contribution in [0.4, 0.5) is 10.5 Å². The van der Waals surface area contributed by atoms with Gasteiger partial charge in [-0.1, -0.05) is 37.2 Å². The van der Waals surface area contributed by atoms with Crippen molar-refractivity contribution in [2.75, 3.05) is 11.9 Å². The van der Waals surface area contributed by atoms with Gasteiger partial charge in [-0.05, 0) is 37.8 Å². The SMILES string of the molecule is CCc1ccccc1NC(=O)N1CCCC1c1c(C)noc1CC. The van der Waals surface area contributed by atoms with Crippen molar-refractivity contribution in [2.24, 2.45) is 0 Å². The van der Waals surface area contributed by atoms with Crippen molar-refractivity contribution in [1.29, 1.82) is 0 Å². The molecule has 1 fully saturated rings. The summed E-state index contributed by atoms with van der Waals surface area (Å²) in [5, 5.41) is 7.19. The minimum atomic E-state index is -0.0407. The average molecular weight is 327 g/mol. The number of amides is 2. The fourth-order valence-electron chi connectivity index (χ4n) is 3.55. The van der Waals surface area contributed by atoms with E-state index in [1.54, 1.807) is 0 Å². The second-order valence-electron chi connectivity index (χ2n) is 6.25. The maximum Gasteiger partial charge on any atom is 0.322 e. The van der Waals surface area contributed by atoms with Crippen molar-refractivity contribution in [3.8, 4) is 0 Å². The van der Waals surface area contributed by atoms with Crippen molar-refractivity contribution in [2.45, 2.75) is 52.5 Å². The van der Waals surface area contributed by atoms with Crippen LogP contribution in [-0.2, 0) is 12.8 Å². The van der Waals surface area contributed by atoms with Crippen molar-refractivity contribution < 1.29 is 9.32 Å². The molecule has 128 valence electrons. The molecule has 1 aromatic heterocycles. The number of anilines is 1. The fourth-order valence-corrected chi connectivity index (χ4v) is 3.55. The summed E-state index contributed by atoms with van der Waals surface area (Å²) in [6.45, 7) is 6.87. The van der Waals surface area contributed by atoms with E-state index in [9.17, 15) is 4.79 Å². The van der Waals surface area contributed by atoms with Crippen LogP contribution in [0, 0.1) is 6.92 Å². The van der Waals surface area contributed by atoms with E-state index in [1.165, 1.54) is 0 Å². The number of nitrogens with one attached hydrogen (secondary N) is 1. The van der Waals surface area contributed by atoms with Gasteiger partial charge in [-0.25, -0.2) is 4.79 Å². The second kappa shape index (κ2) is 7.07. The summed E-state index contributed by atoms with van der Waals surface area (Å²) in [6, 6.07) is 7.98. The van der Waals surface area contributed by atoms with Crippen LogP contribution in [0.25, 0.3) is 0 Å². The van der Waals surface area contributed by atoms with Crippen LogP contribution < -0.4 is 5.32 Å². The molecule has 2 amide bonds. The molecule has 1 saturated heterocycles. The van der Waals surface area contributed by atoms with Crippen molar-refractivity contribution in [3.63, 3.8) is 0 Å². The van der Waals surface area contributed by atoms with Gasteiger partial charge >= 0.3 is 6.03 Å². The Kier molecular flexibility index (Phi) is 4.88. The van der Waals surface area contributed by atoms with Crippen LogP contribution in [0.3, 0.4) is 0 Å². The van der Waals surface area contributed by atoms with Gasteiger partial charge in [-0.3, -0.25) is 0 Å². The van der Waals surface area contributed by atoms with E-state index in [2.05, 4.69) is 30.4 Å². The second-order valence-corrected chi connectivity index (χ2v) is 6.25. The predicted molar refractivity (Wildman–Crippen MR) is 94.1 cm³/mol. The van der Waals surface area contributed by atoms with Gasteiger partial charge in [0.25, 0.3) is 0 Å². The maximum atomic E-state index is 12.9. The Labute approximate surface area is 143 Å². The number of benzene rings is 1. The van der Waals surface area contributed by atoms with Crippen molar-refractivity contribution in [3.05, 3.63) is 46.8 Å². The number of para-hydroxylation sites is 1. The number of rotatable bonds is 4. The molecule has 0 saturated carbocycles. The number of carbonyl (C=O) groups is 1. The van der Waals surface area contributed by atoms with Crippen LogP contribution in [0.2, 0.25) is 0 Å². The predicted octanol–water partition coefficient (Wildman–Crippen LogP) is 4.48. The molecule has 5 nitrogen and oxygen atoms in total. The quantitative estimate of drug-likeness (QED) is 0.901. The first kappa shape index (κ1) is 16.6. The standard InChI is InChI=1S/C19H25N3O2/c1-4-14-9-6-7-10-15(14)20-19(23)22-12-8-11-16(22)18-13(3)21-24-17(18)5-2/h6-7,9-10,16H,4-5,8,11-12H2,1-3H3,(H,20,23). The highest BCUT2D eigenvalue weighted by Crippen LogP contribution is 2.36. The Bertz CT molecular complexity index is 723. The molecule has 1 aliphatic heterocycles. The lowest BCUT2D eigenvalue weighted by Crippen LogP contribution is -2.35. The van der Waals surface area contributed by atoms with E-state index in [-0.39, 0.29) is 12.1 Å². The topological polar surface area (TPSA) is 58.4 Å². The van der Waals surface area contributed by atoms with E-state index in [0.717, 1.165) is 60.5 Å². The van der Waals surface area contributed by atoms with Gasteiger partial charge in [0, 0.05) is 24.2 Å². The van der Waals surface area contributed by atoms with E-state index in [1.807, 2.05) is 30.0 Å². The highest BCUT2D eigenvalue weighted by atomic mass is 16.5. The summed E-state index contributed by atoms with van der Waals surface area (Å²) in [7, 11) is 0. The Balaban J connectivity index is 1.82. The molecule has 3 rings (SSSR count). The molecule has 0 aliphatic carbocycles. The molecule has 2 heterocycles. The van der Waals surface area contributed by atoms with Crippen LogP contribution >= 0.6 is 0 Å². The molecular formula is C19H25N3O2. The highest BCUT2D eigenvalue weighted by Gasteiger charge is 2.34. The van der Waals surface area contributed by atoms with E-state index in [4.69, 9.17) is 4.52 Å². The zero-order valence-electron chi connectivity index (χ0n) is 14.6. The van der Waals surface area contributed by atoms with E-state index in [0.29, 0.717) is 0 Å². The van der Waals surface area contributed by atoms with Crippen molar-refractivity contribution >= 4 is 11.7 Å². The first-order valence-electron chi connectivity index (χ1n) is 8.76. The Morgan fingerprint density at radius 3 is 2.88 bits per heavy atom. The highest BCUT2D eigenvalue weighted by molar-refractivity contribution is 5.90. The Hall–Kier alpha value is -2.30. The summed E-state index contributed by atoms with van der Waals surface area (Å²) in [5.74, 6) is 0.895. The van der Waals surface area contributed by atoms with E-state index < -0.39 is 0 Å². The number of hydrogen-bond acceptors (Lipinski definition) is 3. The van der Waals surface area contributed by atoms with Gasteiger partial charge in [0.2, 0.25) is 0 Å². The molecule has 1 unspecified atom stereocenters. The molecule has 0 radical (unpaired) electrons. The molecule has 1 aliphatic rings. The van der Waals surface area contributed by atoms with Crippen molar-refractivity contribution in [1.82, 2.24) is 10.1 Å². The average Bonchev–Trinajstić information content (AvgIpc) is 3.21. The monoisotopic (exact) mass is 327 g/mol. The lowest BCUT2D eigenvalue weighted by molar-refractivity contribution is 0.206. The van der Waals surface area contributed by atoms with Gasteiger partial charge < -0.3 is 14.7 Å². The lowest BCUT2D eigenvalue weighted by Gasteiger charge is -2.25. The smallest absolute Gasteiger partial charge is 0.322 e. The van der Waals surface area contributed by atoms with Gasteiger partial charge in [-0.15, -0.1) is 0 Å². The van der Waals surface area contributed by atoms with Gasteiger partial charge in [0.05, 0.1) is 11.7 Å². The molecular weight excluding hydrogens is 302 g/mol. The van der Waals surface area contributed by atoms with Crippen LogP contribution in [-0.4, -0.2) is 22.6 Å². The van der Waals surface area contributed by atoms with Gasteiger partial charge in [-0.2, -0.15) is 0 Å². The number of aryl methyl sites for hydroxylation is 3. The number of urea groups is 1. The molecule has 24 heavy (non-hydrogen) atoms. The first-order chi connectivity index (χ1) is 11.7. The number of nitrogens with zero attached hydrogens (tertiary/aromatic N) is 2. The van der Waals surface area contributed by atoms with Gasteiger partial charge in [0.1, 0.15) is 5.76 Å². The minimum absolute atomic E-state index is 0.0407. The minimum Gasteiger partial charge on any atom is -0.361 e. The third-order valence-electron chi connectivity index (χ3n) is 4.79. The molecule has 0 bridgehead atoms. The number of likely N-dealkylation sites (tertiary alicyclic amines) is 1. The van der Waals surface area contributed by atoms with E-state index >= 15 is 0 Å². The summed E-state index contributed by atoms with van der Waals surface area (Å²) >= 11 is 0. The van der Waals surface area contributed by atoms with Crippen LogP contribution in [0.15, 0.2) is 28.8 Å². The molecule has 0 spiro atoms. The lowest BCUT2D eigenvalue weighted by atomic mass is 10.0. The summed E-state index contributed by atoms with van der Waals surface area (Å²) in [6.07, 6.45) is 3.64. The third kappa shape index (κ3) is 3.03. The maximum absolute atomic E-state index is 12.9. The summed E-state index contributed by atoms with van der Waals surface area (Å²) < 4.78 is 5.43. The normalized spacial score (nSPS) is 17.3. The molecule has 1 aromatic carbocycles. The molecule has 2 aromatic rings. The zero-order valence-corrected chi connectivity index (χ0v) is 14.6. The molecule has 5 heteroatoms. The van der Waals surface area contributed by atoms with Crippen LogP contribution in [0.5, 0.6) is 0 Å². The van der Waals surface area contributed by atoms with Gasteiger partial charge in [0.15, 0.2) is 0 Å². The third-order valence-corrected chi connectivity index (χ3v) is 4.79. The number of aromatic nitrogens is 1. The largest absolute Gasteiger partial charge is 0.361 e. The number of carbonyl (C=O) groups excluding carboxylic acids is 1. The number of hydrogen-bond donors (Lipinski definition) is 1. The molecule has 1 N–H and O–H groups in total. The Morgan fingerprint density at radius 1 is 1.33 bits per heavy atom. The van der Waals surface area contributed by atoms with Crippen LogP contribution in [0.1, 0.15) is 55.3 Å². The first-order valence-corrected chi connectivity index (χ1v) is 8.76. The summed E-state index contributed by atoms with van der Waals surface area (Å²) in [4.78, 5) is 14.8. The Morgan fingerprint density at radius 2 is 2.12 bits per heavy atom. The molecule has 1 atom stereocenters. The zero-order chi connectivity index (χ0) is 17.1. The fraction of sp³-hybridized carbons (Fsp3) is 0.474. The summed E-state index contributed by atoms with van der Waals surface area (Å²) in [5.41, 5.74) is 4.03.